The molecular weight excluding hydrogens is 272 g/mol. The zero-order chi connectivity index (χ0) is 15.9. The Kier molecular flexibility index (Phi) is 12.5. The summed E-state index contributed by atoms with van der Waals surface area (Å²) in [5.74, 6) is 0.0496. The number of carbonyl (C=O) groups is 1. The van der Waals surface area contributed by atoms with Crippen LogP contribution in [0, 0.1) is 0 Å². The van der Waals surface area contributed by atoms with E-state index in [2.05, 4.69) is 6.92 Å². The minimum Gasteiger partial charge on any atom is -0.462 e. The quantitative estimate of drug-likeness (QED) is 0.434. The molecule has 1 aliphatic heterocycles. The highest BCUT2D eigenvalue weighted by atomic mass is 16.5. The maximum atomic E-state index is 12.0. The van der Waals surface area contributed by atoms with Crippen LogP contribution in [0.15, 0.2) is 0 Å². The van der Waals surface area contributed by atoms with Gasteiger partial charge in [0.1, 0.15) is 6.10 Å². The summed E-state index contributed by atoms with van der Waals surface area (Å²) in [4.78, 5) is 12.0. The maximum absolute atomic E-state index is 12.0. The third-order valence-electron chi connectivity index (χ3n) is 4.83. The van der Waals surface area contributed by atoms with Gasteiger partial charge in [0.2, 0.25) is 0 Å². The van der Waals surface area contributed by atoms with Crippen LogP contribution < -0.4 is 0 Å². The highest BCUT2D eigenvalue weighted by Gasteiger charge is 2.14. The van der Waals surface area contributed by atoms with Crippen LogP contribution >= 0.6 is 0 Å². The molecule has 1 unspecified atom stereocenters. The van der Waals surface area contributed by atoms with Gasteiger partial charge >= 0.3 is 5.97 Å². The van der Waals surface area contributed by atoms with Gasteiger partial charge in [0.05, 0.1) is 0 Å². The Hall–Kier alpha value is -0.530. The van der Waals surface area contributed by atoms with E-state index in [9.17, 15) is 4.79 Å². The number of cyclic esters (lactones) is 1. The first-order valence-corrected chi connectivity index (χ1v) is 10.0. The van der Waals surface area contributed by atoms with Gasteiger partial charge < -0.3 is 4.74 Å². The van der Waals surface area contributed by atoms with E-state index in [1.54, 1.807) is 0 Å². The number of esters is 1. The van der Waals surface area contributed by atoms with Gasteiger partial charge in [-0.3, -0.25) is 4.79 Å². The van der Waals surface area contributed by atoms with Gasteiger partial charge in [-0.05, 0) is 32.1 Å². The summed E-state index contributed by atoms with van der Waals surface area (Å²) in [5, 5.41) is 0. The van der Waals surface area contributed by atoms with Crippen LogP contribution in [0.1, 0.15) is 116 Å². The number of ether oxygens (including phenoxy) is 1. The minimum absolute atomic E-state index is 0.0496. The second-order valence-electron chi connectivity index (χ2n) is 7.04. The van der Waals surface area contributed by atoms with Gasteiger partial charge in [-0.2, -0.15) is 0 Å². The second kappa shape index (κ2) is 14.1. The van der Waals surface area contributed by atoms with Crippen molar-refractivity contribution in [3.63, 3.8) is 0 Å². The van der Waals surface area contributed by atoms with Gasteiger partial charge in [-0.15, -0.1) is 0 Å². The van der Waals surface area contributed by atoms with Crippen molar-refractivity contribution < 1.29 is 9.53 Å². The van der Waals surface area contributed by atoms with E-state index in [0.29, 0.717) is 6.42 Å². The van der Waals surface area contributed by atoms with Crippen LogP contribution in [0.5, 0.6) is 0 Å². The molecule has 2 nitrogen and oxygen atoms in total. The van der Waals surface area contributed by atoms with E-state index in [1.807, 2.05) is 0 Å². The predicted molar refractivity (Wildman–Crippen MR) is 94.0 cm³/mol. The smallest absolute Gasteiger partial charge is 0.306 e. The Morgan fingerprint density at radius 2 is 1.36 bits per heavy atom. The molecular formula is C20H38O2. The van der Waals surface area contributed by atoms with Gasteiger partial charge in [-0.1, -0.05) is 77.6 Å². The van der Waals surface area contributed by atoms with Gasteiger partial charge in [0, 0.05) is 6.42 Å². The Labute approximate surface area is 138 Å². The number of unbranched alkanes of at least 4 members (excludes halogenated alkanes) is 2. The molecule has 0 aromatic rings. The molecule has 0 aromatic carbocycles. The molecule has 0 amide bonds. The topological polar surface area (TPSA) is 26.3 Å². The van der Waals surface area contributed by atoms with Crippen molar-refractivity contribution in [2.75, 3.05) is 0 Å². The van der Waals surface area contributed by atoms with Crippen molar-refractivity contribution in [1.82, 2.24) is 0 Å². The van der Waals surface area contributed by atoms with E-state index in [-0.39, 0.29) is 12.1 Å². The van der Waals surface area contributed by atoms with Crippen LogP contribution in [0.2, 0.25) is 0 Å². The van der Waals surface area contributed by atoms with Gasteiger partial charge in [0.25, 0.3) is 0 Å². The summed E-state index contributed by atoms with van der Waals surface area (Å²) in [6.45, 7) is 2.23. The first-order chi connectivity index (χ1) is 10.8. The average Bonchev–Trinajstić information content (AvgIpc) is 2.50. The van der Waals surface area contributed by atoms with E-state index in [4.69, 9.17) is 4.74 Å². The Morgan fingerprint density at radius 3 is 1.95 bits per heavy atom. The van der Waals surface area contributed by atoms with Crippen molar-refractivity contribution in [3.05, 3.63) is 0 Å². The molecule has 1 saturated heterocycles. The molecule has 1 heterocycles. The van der Waals surface area contributed by atoms with E-state index >= 15 is 0 Å². The standard InChI is InChI=1S/C20H38O2/c1-2-3-13-16-19-17-14-11-9-7-5-4-6-8-10-12-15-18-20(21)22-19/h19H,2-18H2,1H3. The van der Waals surface area contributed by atoms with E-state index < -0.39 is 0 Å². The molecule has 0 aliphatic carbocycles. The van der Waals surface area contributed by atoms with Crippen molar-refractivity contribution in [2.45, 2.75) is 122 Å². The van der Waals surface area contributed by atoms with Crippen molar-refractivity contribution >= 4 is 5.97 Å². The Bertz CT molecular complexity index is 262. The lowest BCUT2D eigenvalue weighted by Crippen LogP contribution is -2.18. The SMILES string of the molecule is CCCCCC1CCCCCCCCCCCCCC(=O)O1. The van der Waals surface area contributed by atoms with Crippen molar-refractivity contribution in [3.8, 4) is 0 Å². The molecule has 0 saturated carbocycles. The highest BCUT2D eigenvalue weighted by Crippen LogP contribution is 2.18. The van der Waals surface area contributed by atoms with Crippen LogP contribution in [0.4, 0.5) is 0 Å². The zero-order valence-corrected chi connectivity index (χ0v) is 14.9. The summed E-state index contributed by atoms with van der Waals surface area (Å²) in [6, 6.07) is 0. The lowest BCUT2D eigenvalue weighted by molar-refractivity contribution is -0.150. The summed E-state index contributed by atoms with van der Waals surface area (Å²) >= 11 is 0. The highest BCUT2D eigenvalue weighted by molar-refractivity contribution is 5.69. The third kappa shape index (κ3) is 11.1. The van der Waals surface area contributed by atoms with Crippen molar-refractivity contribution in [1.29, 1.82) is 0 Å². The van der Waals surface area contributed by atoms with Crippen molar-refractivity contribution in [2.24, 2.45) is 0 Å². The molecule has 0 spiro atoms. The largest absolute Gasteiger partial charge is 0.462 e. The second-order valence-corrected chi connectivity index (χ2v) is 7.04. The van der Waals surface area contributed by atoms with Crippen LogP contribution in [0.25, 0.3) is 0 Å². The lowest BCUT2D eigenvalue weighted by atomic mass is 10.0. The molecule has 1 atom stereocenters. The first kappa shape index (κ1) is 19.5. The Morgan fingerprint density at radius 1 is 0.818 bits per heavy atom. The summed E-state index contributed by atoms with van der Waals surface area (Å²) in [6.07, 6.45) is 21.0. The molecule has 1 rings (SSSR count). The summed E-state index contributed by atoms with van der Waals surface area (Å²) in [5.41, 5.74) is 0. The lowest BCUT2D eigenvalue weighted by Gasteiger charge is -2.18. The predicted octanol–water partition coefficient (Wildman–Crippen LogP) is 6.56. The van der Waals surface area contributed by atoms with Crippen LogP contribution in [-0.2, 0) is 9.53 Å². The fourth-order valence-electron chi connectivity index (χ4n) is 3.36. The van der Waals surface area contributed by atoms with E-state index in [0.717, 1.165) is 19.3 Å². The van der Waals surface area contributed by atoms with Crippen LogP contribution in [0.3, 0.4) is 0 Å². The fourth-order valence-corrected chi connectivity index (χ4v) is 3.36. The molecule has 1 aliphatic rings. The number of hydrogen-bond acceptors (Lipinski definition) is 2. The molecule has 1 fully saturated rings. The van der Waals surface area contributed by atoms with E-state index in [1.165, 1.54) is 83.5 Å². The zero-order valence-electron chi connectivity index (χ0n) is 14.9. The monoisotopic (exact) mass is 310 g/mol. The summed E-state index contributed by atoms with van der Waals surface area (Å²) in [7, 11) is 0. The molecule has 0 radical (unpaired) electrons. The first-order valence-electron chi connectivity index (χ1n) is 10.0. The normalized spacial score (nSPS) is 23.9. The Balaban J connectivity index is 2.33. The maximum Gasteiger partial charge on any atom is 0.306 e. The number of rotatable bonds is 4. The van der Waals surface area contributed by atoms with Gasteiger partial charge in [-0.25, -0.2) is 0 Å². The molecule has 0 N–H and O–H groups in total. The minimum atomic E-state index is 0.0496. The molecule has 22 heavy (non-hydrogen) atoms. The number of carbonyl (C=O) groups excluding carboxylic acids is 1. The average molecular weight is 311 g/mol. The summed E-state index contributed by atoms with van der Waals surface area (Å²) < 4.78 is 5.76. The number of hydrogen-bond donors (Lipinski definition) is 0. The molecule has 0 bridgehead atoms. The molecule has 0 aromatic heterocycles. The molecule has 2 heteroatoms. The van der Waals surface area contributed by atoms with Gasteiger partial charge in [0.15, 0.2) is 0 Å². The molecule has 130 valence electrons. The fraction of sp³-hybridized carbons (Fsp3) is 0.950. The third-order valence-corrected chi connectivity index (χ3v) is 4.83. The van der Waals surface area contributed by atoms with Crippen LogP contribution in [-0.4, -0.2) is 12.1 Å².